The molecule has 0 atom stereocenters. The Morgan fingerprint density at radius 2 is 1.88 bits per heavy atom. The van der Waals surface area contributed by atoms with Crippen molar-refractivity contribution in [3.8, 4) is 5.75 Å². The molecule has 0 bridgehead atoms. The van der Waals surface area contributed by atoms with Gasteiger partial charge in [0.05, 0.1) is 19.8 Å². The first-order chi connectivity index (χ1) is 12.6. The van der Waals surface area contributed by atoms with E-state index in [-0.39, 0.29) is 18.9 Å². The first kappa shape index (κ1) is 17.5. The predicted molar refractivity (Wildman–Crippen MR) is 97.3 cm³/mol. The molecule has 0 spiro atoms. The lowest BCUT2D eigenvalue weighted by Crippen LogP contribution is -2.31. The number of furan rings is 1. The van der Waals surface area contributed by atoms with Crippen LogP contribution in [-0.2, 0) is 20.7 Å². The number of ether oxygens (including phenoxy) is 2. The van der Waals surface area contributed by atoms with Crippen molar-refractivity contribution in [2.75, 3.05) is 25.7 Å². The van der Waals surface area contributed by atoms with Crippen LogP contribution in [0.5, 0.6) is 5.75 Å². The van der Waals surface area contributed by atoms with Crippen molar-refractivity contribution in [1.82, 2.24) is 0 Å². The molecule has 2 aromatic carbocycles. The SMILES string of the molecule is COc1ccc2c(CC(=O)OCC(=O)N(C)c3ccccc3)coc2c1. The number of hydrogen-bond donors (Lipinski definition) is 0. The predicted octanol–water partition coefficient (Wildman–Crippen LogP) is 3.19. The van der Waals surface area contributed by atoms with Gasteiger partial charge in [-0.25, -0.2) is 0 Å². The molecule has 6 nitrogen and oxygen atoms in total. The Bertz CT molecular complexity index is 916. The van der Waals surface area contributed by atoms with Crippen LogP contribution >= 0.6 is 0 Å². The van der Waals surface area contributed by atoms with Crippen molar-refractivity contribution in [3.05, 3.63) is 60.4 Å². The molecule has 0 N–H and O–H groups in total. The van der Waals surface area contributed by atoms with Crippen LogP contribution in [0.3, 0.4) is 0 Å². The molecule has 1 amide bonds. The number of esters is 1. The highest BCUT2D eigenvalue weighted by atomic mass is 16.5. The number of likely N-dealkylation sites (N-methyl/N-ethyl adjacent to an activating group) is 1. The standard InChI is InChI=1S/C20H19NO5/c1-21(15-6-4-3-5-7-15)19(22)13-26-20(23)10-14-12-25-18-11-16(24-2)8-9-17(14)18/h3-9,11-12H,10,13H2,1-2H3. The highest BCUT2D eigenvalue weighted by molar-refractivity contribution is 5.95. The van der Waals surface area contributed by atoms with E-state index in [1.54, 1.807) is 26.3 Å². The first-order valence-corrected chi connectivity index (χ1v) is 8.10. The molecule has 0 radical (unpaired) electrons. The van der Waals surface area contributed by atoms with E-state index in [9.17, 15) is 9.59 Å². The largest absolute Gasteiger partial charge is 0.497 e. The molecule has 0 unspecified atom stereocenters. The van der Waals surface area contributed by atoms with Crippen molar-refractivity contribution in [3.63, 3.8) is 0 Å². The highest BCUT2D eigenvalue weighted by Gasteiger charge is 2.16. The number of methoxy groups -OCH3 is 1. The number of carbonyl (C=O) groups is 2. The Kier molecular flexibility index (Phi) is 5.22. The summed E-state index contributed by atoms with van der Waals surface area (Å²) in [7, 11) is 3.22. The van der Waals surface area contributed by atoms with Crippen LogP contribution in [-0.4, -0.2) is 32.6 Å². The Morgan fingerprint density at radius 3 is 2.62 bits per heavy atom. The molecular formula is C20H19NO5. The van der Waals surface area contributed by atoms with Gasteiger partial charge in [-0.1, -0.05) is 18.2 Å². The number of rotatable bonds is 6. The van der Waals surface area contributed by atoms with Gasteiger partial charge < -0.3 is 18.8 Å². The molecule has 0 fully saturated rings. The average Bonchev–Trinajstić information content (AvgIpc) is 3.08. The van der Waals surface area contributed by atoms with Gasteiger partial charge in [-0.3, -0.25) is 9.59 Å². The average molecular weight is 353 g/mol. The summed E-state index contributed by atoms with van der Waals surface area (Å²) in [5, 5.41) is 0.815. The molecule has 3 rings (SSSR count). The van der Waals surface area contributed by atoms with E-state index in [1.165, 1.54) is 11.2 Å². The number of para-hydroxylation sites is 1. The highest BCUT2D eigenvalue weighted by Crippen LogP contribution is 2.26. The molecule has 134 valence electrons. The molecule has 0 aliphatic heterocycles. The Morgan fingerprint density at radius 1 is 1.12 bits per heavy atom. The first-order valence-electron chi connectivity index (χ1n) is 8.10. The molecule has 1 aromatic heterocycles. The summed E-state index contributed by atoms with van der Waals surface area (Å²) in [6.07, 6.45) is 1.55. The molecule has 0 saturated carbocycles. The number of carbonyl (C=O) groups excluding carboxylic acids is 2. The van der Waals surface area contributed by atoms with Crippen LogP contribution in [0.4, 0.5) is 5.69 Å². The summed E-state index contributed by atoms with van der Waals surface area (Å²) < 4.78 is 15.7. The minimum absolute atomic E-state index is 0.0294. The summed E-state index contributed by atoms with van der Waals surface area (Å²) in [5.74, 6) is -0.111. The molecule has 0 aliphatic rings. The van der Waals surface area contributed by atoms with E-state index in [4.69, 9.17) is 13.9 Å². The van der Waals surface area contributed by atoms with Gasteiger partial charge in [-0.2, -0.15) is 0 Å². The summed E-state index contributed by atoms with van der Waals surface area (Å²) in [5.41, 5.74) is 2.08. The lowest BCUT2D eigenvalue weighted by atomic mass is 10.1. The number of fused-ring (bicyclic) bond motifs is 1. The number of amides is 1. The maximum Gasteiger partial charge on any atom is 0.310 e. The van der Waals surface area contributed by atoms with Crippen molar-refractivity contribution in [1.29, 1.82) is 0 Å². The Labute approximate surface area is 150 Å². The van der Waals surface area contributed by atoms with E-state index in [2.05, 4.69) is 0 Å². The summed E-state index contributed by atoms with van der Waals surface area (Å²) >= 11 is 0. The third kappa shape index (κ3) is 3.85. The summed E-state index contributed by atoms with van der Waals surface area (Å²) in [6, 6.07) is 14.5. The lowest BCUT2D eigenvalue weighted by Gasteiger charge is -2.17. The van der Waals surface area contributed by atoms with Gasteiger partial charge in [-0.05, 0) is 24.3 Å². The molecule has 26 heavy (non-hydrogen) atoms. The van der Waals surface area contributed by atoms with Gasteiger partial charge in [-0.15, -0.1) is 0 Å². The molecule has 3 aromatic rings. The topological polar surface area (TPSA) is 69.0 Å². The van der Waals surface area contributed by atoms with Crippen LogP contribution < -0.4 is 9.64 Å². The molecular weight excluding hydrogens is 334 g/mol. The fourth-order valence-corrected chi connectivity index (χ4v) is 2.57. The second-order valence-electron chi connectivity index (χ2n) is 5.75. The zero-order valence-electron chi connectivity index (χ0n) is 14.6. The molecule has 0 saturated heterocycles. The quantitative estimate of drug-likeness (QED) is 0.637. The third-order valence-electron chi connectivity index (χ3n) is 4.07. The van der Waals surface area contributed by atoms with Crippen LogP contribution in [0.1, 0.15) is 5.56 Å². The van der Waals surface area contributed by atoms with Crippen LogP contribution in [0, 0.1) is 0 Å². The van der Waals surface area contributed by atoms with Crippen molar-refractivity contribution in [2.45, 2.75) is 6.42 Å². The van der Waals surface area contributed by atoms with Gasteiger partial charge in [0.15, 0.2) is 6.61 Å². The van der Waals surface area contributed by atoms with E-state index >= 15 is 0 Å². The van der Waals surface area contributed by atoms with Crippen LogP contribution in [0.2, 0.25) is 0 Å². The maximum absolute atomic E-state index is 12.1. The number of benzene rings is 2. The zero-order valence-corrected chi connectivity index (χ0v) is 14.6. The fourth-order valence-electron chi connectivity index (χ4n) is 2.57. The normalized spacial score (nSPS) is 10.5. The van der Waals surface area contributed by atoms with E-state index in [0.29, 0.717) is 16.9 Å². The van der Waals surface area contributed by atoms with Crippen molar-refractivity contribution >= 4 is 28.5 Å². The molecule has 1 heterocycles. The minimum atomic E-state index is -0.488. The summed E-state index contributed by atoms with van der Waals surface area (Å²) in [4.78, 5) is 25.7. The number of nitrogens with zero attached hydrogens (tertiary/aromatic N) is 1. The van der Waals surface area contributed by atoms with E-state index in [1.807, 2.05) is 36.4 Å². The second-order valence-corrected chi connectivity index (χ2v) is 5.75. The molecule has 6 heteroatoms. The second kappa shape index (κ2) is 7.74. The van der Waals surface area contributed by atoms with E-state index in [0.717, 1.165) is 11.1 Å². The third-order valence-corrected chi connectivity index (χ3v) is 4.07. The maximum atomic E-state index is 12.1. The summed E-state index contributed by atoms with van der Waals surface area (Å²) in [6.45, 7) is -0.312. The Balaban J connectivity index is 1.58. The van der Waals surface area contributed by atoms with Gasteiger partial charge in [0.2, 0.25) is 0 Å². The fraction of sp³-hybridized carbons (Fsp3) is 0.200. The van der Waals surface area contributed by atoms with Crippen LogP contribution in [0.25, 0.3) is 11.0 Å². The minimum Gasteiger partial charge on any atom is -0.497 e. The number of hydrogen-bond acceptors (Lipinski definition) is 5. The van der Waals surface area contributed by atoms with Crippen molar-refractivity contribution < 1.29 is 23.5 Å². The van der Waals surface area contributed by atoms with E-state index < -0.39 is 5.97 Å². The van der Waals surface area contributed by atoms with Crippen molar-refractivity contribution in [2.24, 2.45) is 0 Å². The lowest BCUT2D eigenvalue weighted by molar-refractivity contribution is -0.147. The van der Waals surface area contributed by atoms with Gasteiger partial charge in [0, 0.05) is 29.8 Å². The number of anilines is 1. The Hall–Kier alpha value is -3.28. The van der Waals surface area contributed by atoms with Gasteiger partial charge in [0.25, 0.3) is 5.91 Å². The van der Waals surface area contributed by atoms with Gasteiger partial charge >= 0.3 is 5.97 Å². The monoisotopic (exact) mass is 353 g/mol. The van der Waals surface area contributed by atoms with Crippen LogP contribution in [0.15, 0.2) is 59.2 Å². The van der Waals surface area contributed by atoms with Gasteiger partial charge in [0.1, 0.15) is 11.3 Å². The smallest absolute Gasteiger partial charge is 0.310 e. The zero-order chi connectivity index (χ0) is 18.5. The molecule has 0 aliphatic carbocycles.